The number of hydrogen-bond donors (Lipinski definition) is 1. The predicted octanol–water partition coefficient (Wildman–Crippen LogP) is 6.28. The van der Waals surface area contributed by atoms with Gasteiger partial charge >= 0.3 is 6.18 Å². The summed E-state index contributed by atoms with van der Waals surface area (Å²) in [6.07, 6.45) is -3.38. The Morgan fingerprint density at radius 3 is 2.29 bits per heavy atom. The zero-order valence-electron chi connectivity index (χ0n) is 21.3. The molecule has 0 saturated carbocycles. The number of carbonyl (C=O) groups is 1. The largest absolute Gasteiger partial charge is 0.489 e. The second kappa shape index (κ2) is 12.9. The van der Waals surface area contributed by atoms with E-state index in [1.807, 2.05) is 18.2 Å². The molecule has 0 saturated heterocycles. The van der Waals surface area contributed by atoms with Crippen LogP contribution in [-0.2, 0) is 27.6 Å². The van der Waals surface area contributed by atoms with Crippen LogP contribution in [0.15, 0.2) is 113 Å². The van der Waals surface area contributed by atoms with E-state index in [1.54, 1.807) is 36.4 Å². The van der Waals surface area contributed by atoms with E-state index < -0.39 is 34.2 Å². The van der Waals surface area contributed by atoms with Crippen LogP contribution in [0.2, 0.25) is 5.02 Å². The molecule has 0 heterocycles. The highest BCUT2D eigenvalue weighted by Gasteiger charge is 2.33. The molecule has 0 aromatic heterocycles. The maximum atomic E-state index is 13.3. The molecule has 0 spiro atoms. The van der Waals surface area contributed by atoms with Crippen molar-refractivity contribution in [3.8, 4) is 5.75 Å². The molecule has 1 amide bonds. The molecular formula is C29H23ClF3N3O4S. The summed E-state index contributed by atoms with van der Waals surface area (Å²) in [5.74, 6) is -0.285. The number of anilines is 1. The number of carbonyl (C=O) groups excluding carboxylic acids is 1. The highest BCUT2D eigenvalue weighted by Crippen LogP contribution is 2.33. The highest BCUT2D eigenvalue weighted by molar-refractivity contribution is 7.92. The molecule has 4 rings (SSSR count). The number of sulfonamides is 1. The fourth-order valence-corrected chi connectivity index (χ4v) is 5.27. The summed E-state index contributed by atoms with van der Waals surface area (Å²) in [5, 5.41) is 4.44. The van der Waals surface area contributed by atoms with E-state index in [0.717, 1.165) is 17.7 Å². The molecule has 4 aromatic carbocycles. The summed E-state index contributed by atoms with van der Waals surface area (Å²) >= 11 is 6.13. The quantitative estimate of drug-likeness (QED) is 0.171. The fraction of sp³-hybridized carbons (Fsp3) is 0.103. The first-order valence-electron chi connectivity index (χ1n) is 12.1. The lowest BCUT2D eigenvalue weighted by Gasteiger charge is -2.24. The Morgan fingerprint density at radius 2 is 1.61 bits per heavy atom. The van der Waals surface area contributed by atoms with Crippen LogP contribution in [0.3, 0.4) is 0 Å². The van der Waals surface area contributed by atoms with Gasteiger partial charge in [0.2, 0.25) is 0 Å². The van der Waals surface area contributed by atoms with E-state index in [2.05, 4.69) is 10.5 Å². The molecule has 0 bridgehead atoms. The van der Waals surface area contributed by atoms with Gasteiger partial charge in [0.25, 0.3) is 15.9 Å². The van der Waals surface area contributed by atoms with Gasteiger partial charge in [0, 0.05) is 10.6 Å². The van der Waals surface area contributed by atoms with Crippen molar-refractivity contribution in [2.24, 2.45) is 5.10 Å². The molecule has 0 aliphatic heterocycles. The second-order valence-electron chi connectivity index (χ2n) is 8.62. The average Bonchev–Trinajstić information content (AvgIpc) is 2.96. The van der Waals surface area contributed by atoms with Gasteiger partial charge in [0.15, 0.2) is 0 Å². The van der Waals surface area contributed by atoms with Crippen LogP contribution in [-0.4, -0.2) is 27.1 Å². The maximum absolute atomic E-state index is 13.3. The molecule has 0 aliphatic rings. The van der Waals surface area contributed by atoms with Crippen molar-refractivity contribution in [3.05, 3.63) is 125 Å². The van der Waals surface area contributed by atoms with Gasteiger partial charge in [0.05, 0.1) is 22.4 Å². The molecule has 0 fully saturated rings. The molecule has 7 nitrogen and oxygen atoms in total. The van der Waals surface area contributed by atoms with Gasteiger partial charge in [-0.2, -0.15) is 18.3 Å². The Morgan fingerprint density at radius 1 is 0.927 bits per heavy atom. The second-order valence-corrected chi connectivity index (χ2v) is 10.9. The summed E-state index contributed by atoms with van der Waals surface area (Å²) in [6, 6.07) is 24.9. The number of amides is 1. The van der Waals surface area contributed by atoms with Crippen LogP contribution in [0.5, 0.6) is 5.75 Å². The van der Waals surface area contributed by atoms with Gasteiger partial charge in [-0.05, 0) is 66.2 Å². The van der Waals surface area contributed by atoms with E-state index in [1.165, 1.54) is 36.5 Å². The molecule has 0 radical (unpaired) electrons. The number of alkyl halides is 3. The predicted molar refractivity (Wildman–Crippen MR) is 150 cm³/mol. The lowest BCUT2D eigenvalue weighted by molar-refractivity contribution is -0.137. The normalized spacial score (nSPS) is 11.8. The molecule has 0 unspecified atom stereocenters. The van der Waals surface area contributed by atoms with Gasteiger partial charge in [-0.1, -0.05) is 54.1 Å². The van der Waals surface area contributed by atoms with Crippen molar-refractivity contribution in [3.63, 3.8) is 0 Å². The number of ether oxygens (including phenoxy) is 1. The first kappa shape index (κ1) is 29.6. The lowest BCUT2D eigenvalue weighted by Crippen LogP contribution is -2.39. The van der Waals surface area contributed by atoms with E-state index in [0.29, 0.717) is 26.7 Å². The Bertz CT molecular complexity index is 1630. The van der Waals surface area contributed by atoms with E-state index >= 15 is 0 Å². The summed E-state index contributed by atoms with van der Waals surface area (Å²) in [5.41, 5.74) is 2.27. The topological polar surface area (TPSA) is 88.1 Å². The zero-order valence-corrected chi connectivity index (χ0v) is 22.8. The third-order valence-electron chi connectivity index (χ3n) is 5.72. The number of hydrogen-bond acceptors (Lipinski definition) is 5. The van der Waals surface area contributed by atoms with Crippen molar-refractivity contribution in [1.29, 1.82) is 0 Å². The lowest BCUT2D eigenvalue weighted by atomic mass is 10.2. The first-order chi connectivity index (χ1) is 19.5. The van der Waals surface area contributed by atoms with Crippen molar-refractivity contribution in [1.82, 2.24) is 5.43 Å². The Balaban J connectivity index is 1.45. The van der Waals surface area contributed by atoms with Crippen LogP contribution in [0.1, 0.15) is 16.7 Å². The Hall–Kier alpha value is -4.35. The van der Waals surface area contributed by atoms with Crippen molar-refractivity contribution >= 4 is 39.4 Å². The molecule has 212 valence electrons. The third kappa shape index (κ3) is 7.86. The van der Waals surface area contributed by atoms with Gasteiger partial charge in [-0.3, -0.25) is 9.10 Å². The SMILES string of the molecule is O=C(CN(c1cccc(C(F)(F)F)c1)S(=O)(=O)c1ccccc1)N/N=C\c1ccc(OCc2ccccc2Cl)cc1. The fourth-order valence-electron chi connectivity index (χ4n) is 3.64. The highest BCUT2D eigenvalue weighted by atomic mass is 35.5. The Labute approximate surface area is 239 Å². The van der Waals surface area contributed by atoms with Gasteiger partial charge in [-0.25, -0.2) is 13.8 Å². The number of rotatable bonds is 10. The molecular weight excluding hydrogens is 579 g/mol. The first-order valence-corrected chi connectivity index (χ1v) is 13.9. The number of nitrogens with one attached hydrogen (secondary N) is 1. The summed E-state index contributed by atoms with van der Waals surface area (Å²) < 4.78 is 72.9. The molecule has 4 aromatic rings. The van der Waals surface area contributed by atoms with Crippen LogP contribution >= 0.6 is 11.6 Å². The van der Waals surface area contributed by atoms with Crippen LogP contribution in [0, 0.1) is 0 Å². The average molecular weight is 602 g/mol. The number of hydrazone groups is 1. The summed E-state index contributed by atoms with van der Waals surface area (Å²) in [6.45, 7) is -0.540. The minimum Gasteiger partial charge on any atom is -0.489 e. The zero-order chi connectivity index (χ0) is 29.5. The minimum atomic E-state index is -4.71. The molecule has 0 aliphatic carbocycles. The third-order valence-corrected chi connectivity index (χ3v) is 7.87. The molecule has 41 heavy (non-hydrogen) atoms. The number of nitrogens with zero attached hydrogens (tertiary/aromatic N) is 2. The van der Waals surface area contributed by atoms with E-state index in [4.69, 9.17) is 16.3 Å². The summed E-state index contributed by atoms with van der Waals surface area (Å²) in [4.78, 5) is 12.5. The maximum Gasteiger partial charge on any atom is 0.416 e. The van der Waals surface area contributed by atoms with Gasteiger partial charge in [-0.15, -0.1) is 0 Å². The van der Waals surface area contributed by atoms with E-state index in [9.17, 15) is 26.4 Å². The molecule has 12 heteroatoms. The minimum absolute atomic E-state index is 0.189. The van der Waals surface area contributed by atoms with E-state index in [-0.39, 0.29) is 17.2 Å². The molecule has 1 N–H and O–H groups in total. The van der Waals surface area contributed by atoms with Gasteiger partial charge < -0.3 is 4.74 Å². The van der Waals surface area contributed by atoms with Gasteiger partial charge in [0.1, 0.15) is 18.9 Å². The summed E-state index contributed by atoms with van der Waals surface area (Å²) in [7, 11) is -4.39. The van der Waals surface area contributed by atoms with Crippen LogP contribution in [0.25, 0.3) is 0 Å². The Kier molecular flexibility index (Phi) is 9.31. The number of halogens is 4. The number of benzene rings is 4. The van der Waals surface area contributed by atoms with Crippen molar-refractivity contribution in [2.75, 3.05) is 10.8 Å². The van der Waals surface area contributed by atoms with Crippen LogP contribution in [0.4, 0.5) is 18.9 Å². The standard InChI is InChI=1S/C29H23ClF3N3O4S/c30-27-12-5-4-7-22(27)20-40-25-15-13-21(14-16-25)18-34-35-28(37)19-36(41(38,39)26-10-2-1-3-11-26)24-9-6-8-23(17-24)29(31,32)33/h1-18H,19-20H2,(H,35,37)/b34-18-. The van der Waals surface area contributed by atoms with Crippen molar-refractivity contribution in [2.45, 2.75) is 17.7 Å². The van der Waals surface area contributed by atoms with Crippen molar-refractivity contribution < 1.29 is 31.1 Å². The smallest absolute Gasteiger partial charge is 0.416 e. The van der Waals surface area contributed by atoms with Crippen LogP contribution < -0.4 is 14.5 Å². The monoisotopic (exact) mass is 601 g/mol. The molecule has 0 atom stereocenters.